The standard InChI is InChI=1S/C17H24N4O.2C2HF3O2/c1-20(2)11-16-15-8-9-21(12-17(15)19-18-16)10-13-4-6-14(22-3)7-5-13;2*3-2(4,5)1(6)7/h4-7H,8-12H2,1-3H3,(H,18,19);2*(H,6,7). The highest BCUT2D eigenvalue weighted by Gasteiger charge is 2.38. The minimum absolute atomic E-state index is 0.907. The van der Waals surface area contributed by atoms with E-state index in [-0.39, 0.29) is 0 Å². The molecule has 0 atom stereocenters. The number of methoxy groups -OCH3 is 1. The lowest BCUT2D eigenvalue weighted by atomic mass is 10.0. The summed E-state index contributed by atoms with van der Waals surface area (Å²) in [6.45, 7) is 3.90. The highest BCUT2D eigenvalue weighted by Crippen LogP contribution is 2.23. The lowest BCUT2D eigenvalue weighted by molar-refractivity contribution is -0.193. The Hall–Kier alpha value is -3.33. The fourth-order valence-corrected chi connectivity index (χ4v) is 3.00. The minimum atomic E-state index is -5.08. The number of aromatic nitrogens is 2. The molecule has 1 aromatic heterocycles. The Balaban J connectivity index is 0.000000383. The van der Waals surface area contributed by atoms with Crippen molar-refractivity contribution in [2.75, 3.05) is 27.7 Å². The summed E-state index contributed by atoms with van der Waals surface area (Å²) in [5, 5.41) is 22.0. The Morgan fingerprint density at radius 1 is 1.06 bits per heavy atom. The number of carbonyl (C=O) groups is 2. The molecule has 0 amide bonds. The van der Waals surface area contributed by atoms with Gasteiger partial charge in [-0.2, -0.15) is 31.4 Å². The van der Waals surface area contributed by atoms with Gasteiger partial charge < -0.3 is 19.8 Å². The fraction of sp³-hybridized carbons (Fsp3) is 0.476. The molecule has 0 radical (unpaired) electrons. The molecule has 3 N–H and O–H groups in total. The zero-order valence-electron chi connectivity index (χ0n) is 19.6. The molecule has 9 nitrogen and oxygen atoms in total. The molecular weight excluding hydrogens is 502 g/mol. The van der Waals surface area contributed by atoms with Gasteiger partial charge >= 0.3 is 24.3 Å². The van der Waals surface area contributed by atoms with Crippen LogP contribution in [0.2, 0.25) is 0 Å². The average molecular weight is 528 g/mol. The van der Waals surface area contributed by atoms with E-state index in [0.717, 1.165) is 38.3 Å². The summed E-state index contributed by atoms with van der Waals surface area (Å²) in [5.41, 5.74) is 5.21. The summed E-state index contributed by atoms with van der Waals surface area (Å²) in [6, 6.07) is 8.32. The quantitative estimate of drug-likeness (QED) is 0.506. The van der Waals surface area contributed by atoms with Crippen molar-refractivity contribution in [1.82, 2.24) is 20.0 Å². The molecule has 2 heterocycles. The third-order valence-electron chi connectivity index (χ3n) is 4.61. The summed E-state index contributed by atoms with van der Waals surface area (Å²) in [7, 11) is 5.87. The van der Waals surface area contributed by atoms with E-state index in [1.165, 1.54) is 22.5 Å². The first kappa shape index (κ1) is 30.7. The SMILES string of the molecule is COc1ccc(CN2CCc3c(CN(C)C)n[nH]c3C2)cc1.O=C(O)C(F)(F)F.O=C(O)C(F)(F)F. The first-order valence-corrected chi connectivity index (χ1v) is 10.2. The van der Waals surface area contributed by atoms with Crippen LogP contribution < -0.4 is 4.74 Å². The monoisotopic (exact) mass is 528 g/mol. The molecule has 1 aromatic carbocycles. The van der Waals surface area contributed by atoms with E-state index in [0.29, 0.717) is 0 Å². The molecule has 36 heavy (non-hydrogen) atoms. The highest BCUT2D eigenvalue weighted by atomic mass is 19.4. The topological polar surface area (TPSA) is 119 Å². The largest absolute Gasteiger partial charge is 0.497 e. The van der Waals surface area contributed by atoms with E-state index in [1.54, 1.807) is 7.11 Å². The Labute approximate surface area is 202 Å². The smallest absolute Gasteiger partial charge is 0.490 e. The van der Waals surface area contributed by atoms with Crippen LogP contribution >= 0.6 is 0 Å². The summed E-state index contributed by atoms with van der Waals surface area (Å²) in [5.74, 6) is -4.61. The lowest BCUT2D eigenvalue weighted by Gasteiger charge is -2.27. The third-order valence-corrected chi connectivity index (χ3v) is 4.61. The molecular formula is C21H26F6N4O5. The Morgan fingerprint density at radius 2 is 1.56 bits per heavy atom. The van der Waals surface area contributed by atoms with Gasteiger partial charge in [0.25, 0.3) is 0 Å². The number of aromatic amines is 1. The molecule has 2 aromatic rings. The predicted molar refractivity (Wildman–Crippen MR) is 114 cm³/mol. The van der Waals surface area contributed by atoms with Crippen molar-refractivity contribution in [2.24, 2.45) is 0 Å². The number of ether oxygens (including phenoxy) is 1. The normalized spacial score (nSPS) is 13.6. The van der Waals surface area contributed by atoms with Crippen molar-refractivity contribution in [3.63, 3.8) is 0 Å². The first-order chi connectivity index (χ1) is 16.5. The number of hydrogen-bond donors (Lipinski definition) is 3. The van der Waals surface area contributed by atoms with Gasteiger partial charge in [0.1, 0.15) is 5.75 Å². The average Bonchev–Trinajstić information content (AvgIpc) is 3.15. The van der Waals surface area contributed by atoms with E-state index in [2.05, 4.69) is 46.2 Å². The minimum Gasteiger partial charge on any atom is -0.497 e. The van der Waals surface area contributed by atoms with E-state index in [4.69, 9.17) is 24.5 Å². The molecule has 0 aliphatic carbocycles. The van der Waals surface area contributed by atoms with Gasteiger partial charge in [0.2, 0.25) is 0 Å². The van der Waals surface area contributed by atoms with Gasteiger partial charge in [-0.15, -0.1) is 0 Å². The van der Waals surface area contributed by atoms with Gasteiger partial charge in [0.15, 0.2) is 0 Å². The molecule has 3 rings (SSSR count). The van der Waals surface area contributed by atoms with Crippen LogP contribution in [-0.4, -0.2) is 82.3 Å². The van der Waals surface area contributed by atoms with Crippen LogP contribution in [0.25, 0.3) is 0 Å². The number of H-pyrrole nitrogens is 1. The van der Waals surface area contributed by atoms with Gasteiger partial charge in [-0.3, -0.25) is 10.00 Å². The molecule has 0 spiro atoms. The molecule has 0 saturated carbocycles. The van der Waals surface area contributed by atoms with Crippen molar-refractivity contribution in [3.8, 4) is 5.75 Å². The summed E-state index contributed by atoms with van der Waals surface area (Å²) in [4.78, 5) is 22.4. The molecule has 0 unspecified atom stereocenters. The molecule has 1 aliphatic heterocycles. The van der Waals surface area contributed by atoms with Crippen LogP contribution in [0.4, 0.5) is 26.3 Å². The Bertz CT molecular complexity index is 966. The maximum atomic E-state index is 10.6. The fourth-order valence-electron chi connectivity index (χ4n) is 3.00. The molecule has 15 heteroatoms. The number of benzene rings is 1. The summed E-state index contributed by atoms with van der Waals surface area (Å²) >= 11 is 0. The molecule has 0 saturated heterocycles. The maximum Gasteiger partial charge on any atom is 0.490 e. The van der Waals surface area contributed by atoms with Crippen LogP contribution in [0.5, 0.6) is 5.75 Å². The number of hydrogen-bond acceptors (Lipinski definition) is 6. The molecule has 202 valence electrons. The van der Waals surface area contributed by atoms with Gasteiger partial charge in [0, 0.05) is 31.7 Å². The number of alkyl halides is 6. The van der Waals surface area contributed by atoms with Crippen LogP contribution in [0.1, 0.15) is 22.5 Å². The number of aliphatic carboxylic acids is 2. The van der Waals surface area contributed by atoms with Gasteiger partial charge in [0.05, 0.1) is 18.5 Å². The van der Waals surface area contributed by atoms with Gasteiger partial charge in [-0.1, -0.05) is 12.1 Å². The number of carboxylic acids is 2. The van der Waals surface area contributed by atoms with Crippen molar-refractivity contribution in [2.45, 2.75) is 38.4 Å². The number of nitrogens with one attached hydrogen (secondary N) is 1. The first-order valence-electron chi connectivity index (χ1n) is 10.2. The van der Waals surface area contributed by atoms with Gasteiger partial charge in [-0.25, -0.2) is 9.59 Å². The number of carboxylic acid groups (broad SMARTS) is 2. The number of rotatable bonds is 5. The second-order valence-corrected chi connectivity index (χ2v) is 7.78. The highest BCUT2D eigenvalue weighted by molar-refractivity contribution is 5.73. The van der Waals surface area contributed by atoms with Gasteiger partial charge in [-0.05, 0) is 38.2 Å². The molecule has 0 fully saturated rings. The molecule has 1 aliphatic rings. The van der Waals surface area contributed by atoms with Crippen molar-refractivity contribution in [1.29, 1.82) is 0 Å². The summed E-state index contributed by atoms with van der Waals surface area (Å²) in [6.07, 6.45) is -9.09. The van der Waals surface area contributed by atoms with E-state index in [9.17, 15) is 26.3 Å². The van der Waals surface area contributed by atoms with E-state index >= 15 is 0 Å². The van der Waals surface area contributed by atoms with Crippen LogP contribution in [0.3, 0.4) is 0 Å². The zero-order valence-corrected chi connectivity index (χ0v) is 19.6. The van der Waals surface area contributed by atoms with Crippen molar-refractivity contribution >= 4 is 11.9 Å². The number of halogens is 6. The number of nitrogens with zero attached hydrogens (tertiary/aromatic N) is 3. The number of fused-ring (bicyclic) bond motifs is 1. The van der Waals surface area contributed by atoms with E-state index < -0.39 is 24.3 Å². The van der Waals surface area contributed by atoms with Crippen LogP contribution in [-0.2, 0) is 35.6 Å². The second-order valence-electron chi connectivity index (χ2n) is 7.78. The Morgan fingerprint density at radius 3 is 1.97 bits per heavy atom. The second kappa shape index (κ2) is 13.1. The van der Waals surface area contributed by atoms with E-state index in [1.807, 2.05) is 12.1 Å². The maximum absolute atomic E-state index is 10.6. The Kier molecular flexibility index (Phi) is 11.2. The third kappa shape index (κ3) is 10.5. The lowest BCUT2D eigenvalue weighted by Crippen LogP contribution is -2.30. The predicted octanol–water partition coefficient (Wildman–Crippen LogP) is 3.30. The molecule has 0 bridgehead atoms. The summed E-state index contributed by atoms with van der Waals surface area (Å²) < 4.78 is 68.7. The van der Waals surface area contributed by atoms with Crippen molar-refractivity contribution < 1.29 is 50.9 Å². The van der Waals surface area contributed by atoms with Crippen LogP contribution in [0.15, 0.2) is 24.3 Å². The van der Waals surface area contributed by atoms with Crippen molar-refractivity contribution in [3.05, 3.63) is 46.8 Å². The zero-order chi connectivity index (χ0) is 27.7. The van der Waals surface area contributed by atoms with Crippen LogP contribution in [0, 0.1) is 0 Å².